The summed E-state index contributed by atoms with van der Waals surface area (Å²) in [6.45, 7) is 0.439. The van der Waals surface area contributed by atoms with Gasteiger partial charge in [0.25, 0.3) is 0 Å². The van der Waals surface area contributed by atoms with Crippen molar-refractivity contribution in [2.75, 3.05) is 13.6 Å². The Bertz CT molecular complexity index is 293. The Balaban J connectivity index is 3.53. The first-order chi connectivity index (χ1) is 8.47. The topological polar surface area (TPSA) is 116 Å². The lowest BCUT2D eigenvalue weighted by Gasteiger charge is -2.10. The summed E-state index contributed by atoms with van der Waals surface area (Å²) < 4.78 is 0. The molecule has 0 aromatic rings. The van der Waals surface area contributed by atoms with E-state index in [0.717, 1.165) is 0 Å². The summed E-state index contributed by atoms with van der Waals surface area (Å²) in [4.78, 5) is 32.0. The fourth-order valence-corrected chi connectivity index (χ4v) is 1.40. The van der Waals surface area contributed by atoms with Gasteiger partial charge in [0.05, 0.1) is 6.42 Å². The van der Waals surface area contributed by atoms with Gasteiger partial charge in [-0.2, -0.15) is 0 Å². The molecule has 4 N–H and O–H groups in total. The van der Waals surface area contributed by atoms with Crippen LogP contribution in [0.5, 0.6) is 0 Å². The molecule has 0 fully saturated rings. The molecule has 0 rings (SSSR count). The molecular weight excluding hydrogens is 240 g/mol. The highest BCUT2D eigenvalue weighted by Crippen LogP contribution is 2.00. The molecule has 7 nitrogen and oxygen atoms in total. The molecule has 0 aromatic heterocycles. The van der Waals surface area contributed by atoms with E-state index >= 15 is 0 Å². The lowest BCUT2D eigenvalue weighted by atomic mass is 10.1. The molecule has 0 aliphatic heterocycles. The summed E-state index contributed by atoms with van der Waals surface area (Å²) >= 11 is 0. The van der Waals surface area contributed by atoms with E-state index in [1.165, 1.54) is 0 Å². The molecule has 18 heavy (non-hydrogen) atoms. The highest BCUT2D eigenvalue weighted by molar-refractivity contribution is 5.80. The van der Waals surface area contributed by atoms with E-state index in [2.05, 4.69) is 10.6 Å². The molecular formula is C11H20N2O5. The Hall–Kier alpha value is -1.63. The number of carboxylic acid groups (broad SMARTS) is 2. The van der Waals surface area contributed by atoms with Gasteiger partial charge in [0.2, 0.25) is 5.91 Å². The first kappa shape index (κ1) is 16.4. The summed E-state index contributed by atoms with van der Waals surface area (Å²) in [5.74, 6) is -2.17. The molecule has 0 heterocycles. The van der Waals surface area contributed by atoms with Gasteiger partial charge < -0.3 is 20.8 Å². The van der Waals surface area contributed by atoms with Crippen LogP contribution in [-0.4, -0.2) is 47.7 Å². The van der Waals surface area contributed by atoms with Gasteiger partial charge in [-0.3, -0.25) is 14.4 Å². The van der Waals surface area contributed by atoms with Gasteiger partial charge in [0, 0.05) is 13.0 Å². The van der Waals surface area contributed by atoms with Gasteiger partial charge >= 0.3 is 11.9 Å². The third kappa shape index (κ3) is 8.51. The van der Waals surface area contributed by atoms with E-state index in [4.69, 9.17) is 10.2 Å². The molecule has 0 spiro atoms. The van der Waals surface area contributed by atoms with E-state index in [1.807, 2.05) is 0 Å². The SMILES string of the molecule is CN[C@@H](CCCCNC(=O)CCC(=O)O)C(=O)O. The molecule has 0 aliphatic rings. The highest BCUT2D eigenvalue weighted by Gasteiger charge is 2.13. The third-order valence-electron chi connectivity index (χ3n) is 2.45. The zero-order valence-corrected chi connectivity index (χ0v) is 10.4. The van der Waals surface area contributed by atoms with Crippen LogP contribution in [0.15, 0.2) is 0 Å². The van der Waals surface area contributed by atoms with Crippen molar-refractivity contribution in [2.45, 2.75) is 38.1 Å². The second-order valence-corrected chi connectivity index (χ2v) is 3.92. The summed E-state index contributed by atoms with van der Waals surface area (Å²) in [5.41, 5.74) is 0. The van der Waals surface area contributed by atoms with Crippen LogP contribution in [0.3, 0.4) is 0 Å². The highest BCUT2D eigenvalue weighted by atomic mass is 16.4. The number of hydrogen-bond acceptors (Lipinski definition) is 4. The van der Waals surface area contributed by atoms with Crippen molar-refractivity contribution in [1.29, 1.82) is 0 Å². The van der Waals surface area contributed by atoms with Crippen molar-refractivity contribution in [1.82, 2.24) is 10.6 Å². The molecule has 104 valence electrons. The lowest BCUT2D eigenvalue weighted by Crippen LogP contribution is -2.33. The van der Waals surface area contributed by atoms with Crippen molar-refractivity contribution in [2.24, 2.45) is 0 Å². The number of likely N-dealkylation sites (N-methyl/N-ethyl adjacent to an activating group) is 1. The van der Waals surface area contributed by atoms with Crippen LogP contribution in [0, 0.1) is 0 Å². The zero-order valence-electron chi connectivity index (χ0n) is 10.4. The largest absolute Gasteiger partial charge is 0.481 e. The first-order valence-corrected chi connectivity index (χ1v) is 5.86. The first-order valence-electron chi connectivity index (χ1n) is 5.86. The average Bonchev–Trinajstić information content (AvgIpc) is 2.30. The minimum absolute atomic E-state index is 0.0242. The fourth-order valence-electron chi connectivity index (χ4n) is 1.40. The van der Waals surface area contributed by atoms with Crippen LogP contribution < -0.4 is 10.6 Å². The second-order valence-electron chi connectivity index (χ2n) is 3.92. The molecule has 7 heteroatoms. The standard InChI is InChI=1S/C11H20N2O5/c1-12-8(11(17)18)4-2-3-7-13-9(14)5-6-10(15)16/h8,12H,2-7H2,1H3,(H,13,14)(H,15,16)(H,17,18)/t8-/m0/s1. The maximum absolute atomic E-state index is 11.1. The number of carboxylic acids is 2. The monoisotopic (exact) mass is 260 g/mol. The summed E-state index contributed by atoms with van der Waals surface area (Å²) in [6, 6.07) is -0.562. The smallest absolute Gasteiger partial charge is 0.320 e. The average molecular weight is 260 g/mol. The van der Waals surface area contributed by atoms with Crippen LogP contribution in [-0.2, 0) is 14.4 Å². The van der Waals surface area contributed by atoms with Crippen molar-refractivity contribution in [3.8, 4) is 0 Å². The molecule has 0 radical (unpaired) electrons. The molecule has 0 saturated heterocycles. The number of aliphatic carboxylic acids is 2. The number of carbonyl (C=O) groups is 3. The Morgan fingerprint density at radius 1 is 1.11 bits per heavy atom. The molecule has 0 unspecified atom stereocenters. The van der Waals surface area contributed by atoms with Gasteiger partial charge in [-0.15, -0.1) is 0 Å². The zero-order chi connectivity index (χ0) is 14.0. The summed E-state index contributed by atoms with van der Waals surface area (Å²) in [6.07, 6.45) is 1.65. The van der Waals surface area contributed by atoms with Gasteiger partial charge in [0.15, 0.2) is 0 Å². The molecule has 1 amide bonds. The van der Waals surface area contributed by atoms with Gasteiger partial charge in [0.1, 0.15) is 6.04 Å². The van der Waals surface area contributed by atoms with Gasteiger partial charge in [-0.05, 0) is 26.3 Å². The van der Waals surface area contributed by atoms with Crippen molar-refractivity contribution in [3.63, 3.8) is 0 Å². The number of unbranched alkanes of at least 4 members (excludes halogenated alkanes) is 1. The van der Waals surface area contributed by atoms with Crippen molar-refractivity contribution >= 4 is 17.8 Å². The van der Waals surface area contributed by atoms with E-state index in [9.17, 15) is 14.4 Å². The normalized spacial score (nSPS) is 11.8. The maximum atomic E-state index is 11.1. The number of rotatable bonds is 10. The van der Waals surface area contributed by atoms with Crippen LogP contribution >= 0.6 is 0 Å². The fraction of sp³-hybridized carbons (Fsp3) is 0.727. The summed E-state index contributed by atoms with van der Waals surface area (Å²) in [7, 11) is 1.59. The lowest BCUT2D eigenvalue weighted by molar-refractivity contribution is -0.139. The quantitative estimate of drug-likeness (QED) is 0.405. The number of amides is 1. The Morgan fingerprint density at radius 2 is 1.78 bits per heavy atom. The predicted octanol–water partition coefficient (Wildman–Crippen LogP) is -0.190. The van der Waals surface area contributed by atoms with Crippen LogP contribution in [0.25, 0.3) is 0 Å². The molecule has 0 bridgehead atoms. The van der Waals surface area contributed by atoms with Gasteiger partial charge in [-0.1, -0.05) is 0 Å². The van der Waals surface area contributed by atoms with Gasteiger partial charge in [-0.25, -0.2) is 0 Å². The number of hydrogen-bond donors (Lipinski definition) is 4. The number of carbonyl (C=O) groups excluding carboxylic acids is 1. The Kier molecular flexibility index (Phi) is 8.55. The van der Waals surface area contributed by atoms with Crippen LogP contribution in [0.1, 0.15) is 32.1 Å². The van der Waals surface area contributed by atoms with E-state index < -0.39 is 18.0 Å². The van der Waals surface area contributed by atoms with Crippen LogP contribution in [0.4, 0.5) is 0 Å². The predicted molar refractivity (Wildman–Crippen MR) is 64.2 cm³/mol. The molecule has 0 aromatic carbocycles. The van der Waals surface area contributed by atoms with E-state index in [0.29, 0.717) is 25.8 Å². The Labute approximate surface area is 106 Å². The van der Waals surface area contributed by atoms with Crippen LogP contribution in [0.2, 0.25) is 0 Å². The maximum Gasteiger partial charge on any atom is 0.320 e. The third-order valence-corrected chi connectivity index (χ3v) is 2.45. The van der Waals surface area contributed by atoms with Crippen molar-refractivity contribution < 1.29 is 24.6 Å². The van der Waals surface area contributed by atoms with E-state index in [1.54, 1.807) is 7.05 Å². The molecule has 0 aliphatic carbocycles. The summed E-state index contributed by atoms with van der Waals surface area (Å²) in [5, 5.41) is 22.4. The second kappa shape index (κ2) is 9.41. The molecule has 1 atom stereocenters. The minimum Gasteiger partial charge on any atom is -0.481 e. The minimum atomic E-state index is -0.997. The Morgan fingerprint density at radius 3 is 2.28 bits per heavy atom. The van der Waals surface area contributed by atoms with Crippen molar-refractivity contribution in [3.05, 3.63) is 0 Å². The molecule has 0 saturated carbocycles. The van der Waals surface area contributed by atoms with E-state index in [-0.39, 0.29) is 18.7 Å². The number of nitrogens with one attached hydrogen (secondary N) is 2.